The SMILES string of the molecule is Cc1ccccc1OC1CCN(c2ccc(COc3ccc(CCC(=O)O)cc3)cc2)CC1. The number of rotatable bonds is 9. The van der Waals surface area contributed by atoms with Crippen molar-refractivity contribution in [3.8, 4) is 11.5 Å². The Labute approximate surface area is 195 Å². The predicted octanol–water partition coefficient (Wildman–Crippen LogP) is 5.64. The van der Waals surface area contributed by atoms with Crippen LogP contribution in [0.15, 0.2) is 72.8 Å². The van der Waals surface area contributed by atoms with Gasteiger partial charge < -0.3 is 19.5 Å². The van der Waals surface area contributed by atoms with Crippen molar-refractivity contribution in [1.29, 1.82) is 0 Å². The van der Waals surface area contributed by atoms with E-state index >= 15 is 0 Å². The summed E-state index contributed by atoms with van der Waals surface area (Å²) >= 11 is 0. The molecular formula is C28H31NO4. The number of hydrogen-bond acceptors (Lipinski definition) is 4. The molecule has 0 atom stereocenters. The molecule has 0 aromatic heterocycles. The molecule has 5 heteroatoms. The Balaban J connectivity index is 1.23. The van der Waals surface area contributed by atoms with Gasteiger partial charge in [-0.3, -0.25) is 4.79 Å². The summed E-state index contributed by atoms with van der Waals surface area (Å²) in [6.07, 6.45) is 2.98. The average molecular weight is 446 g/mol. The molecule has 0 amide bonds. The van der Waals surface area contributed by atoms with E-state index in [1.54, 1.807) is 0 Å². The lowest BCUT2D eigenvalue weighted by Crippen LogP contribution is -2.38. The third-order valence-corrected chi connectivity index (χ3v) is 6.09. The van der Waals surface area contributed by atoms with Gasteiger partial charge in [-0.05, 0) is 60.4 Å². The Morgan fingerprint density at radius 2 is 1.61 bits per heavy atom. The number of benzene rings is 3. The van der Waals surface area contributed by atoms with Gasteiger partial charge in [0.25, 0.3) is 0 Å². The molecule has 0 spiro atoms. The zero-order valence-corrected chi connectivity index (χ0v) is 19.1. The number of carboxylic acids is 1. The number of ether oxygens (including phenoxy) is 2. The number of anilines is 1. The van der Waals surface area contributed by atoms with E-state index < -0.39 is 5.97 Å². The summed E-state index contributed by atoms with van der Waals surface area (Å²) in [4.78, 5) is 13.1. The fraction of sp³-hybridized carbons (Fsp3) is 0.321. The van der Waals surface area contributed by atoms with Crippen LogP contribution in [0.2, 0.25) is 0 Å². The summed E-state index contributed by atoms with van der Waals surface area (Å²) in [7, 11) is 0. The highest BCUT2D eigenvalue weighted by Gasteiger charge is 2.21. The summed E-state index contributed by atoms with van der Waals surface area (Å²) in [5.41, 5.74) is 4.54. The van der Waals surface area contributed by atoms with Crippen LogP contribution in [-0.4, -0.2) is 30.3 Å². The molecule has 5 nitrogen and oxygen atoms in total. The van der Waals surface area contributed by atoms with Crippen molar-refractivity contribution in [2.24, 2.45) is 0 Å². The summed E-state index contributed by atoms with van der Waals surface area (Å²) in [5, 5.41) is 8.78. The zero-order chi connectivity index (χ0) is 23.0. The maximum atomic E-state index is 10.7. The minimum Gasteiger partial charge on any atom is -0.490 e. The molecular weight excluding hydrogens is 414 g/mol. The van der Waals surface area contributed by atoms with Crippen LogP contribution in [-0.2, 0) is 17.8 Å². The van der Waals surface area contributed by atoms with Gasteiger partial charge in [-0.1, -0.05) is 42.5 Å². The molecule has 172 valence electrons. The summed E-state index contributed by atoms with van der Waals surface area (Å²) in [6, 6.07) is 24.4. The molecule has 0 unspecified atom stereocenters. The van der Waals surface area contributed by atoms with Gasteiger partial charge in [0.2, 0.25) is 0 Å². The molecule has 4 rings (SSSR count). The highest BCUT2D eigenvalue weighted by molar-refractivity contribution is 5.67. The number of piperidine rings is 1. The molecule has 3 aromatic rings. The topological polar surface area (TPSA) is 59.0 Å². The fourth-order valence-electron chi connectivity index (χ4n) is 4.07. The number of nitrogens with zero attached hydrogens (tertiary/aromatic N) is 1. The first kappa shape index (κ1) is 22.7. The van der Waals surface area contributed by atoms with Gasteiger partial charge in [0.1, 0.15) is 24.2 Å². The average Bonchev–Trinajstić information content (AvgIpc) is 2.84. The van der Waals surface area contributed by atoms with Gasteiger partial charge in [0, 0.05) is 38.0 Å². The molecule has 3 aromatic carbocycles. The van der Waals surface area contributed by atoms with Crippen molar-refractivity contribution in [2.45, 2.75) is 45.3 Å². The normalized spacial score (nSPS) is 14.2. The van der Waals surface area contributed by atoms with Crippen LogP contribution in [0.1, 0.15) is 36.0 Å². The number of para-hydroxylation sites is 1. The first-order valence-corrected chi connectivity index (χ1v) is 11.6. The van der Waals surface area contributed by atoms with Gasteiger partial charge in [0.15, 0.2) is 0 Å². The van der Waals surface area contributed by atoms with Crippen LogP contribution in [0.4, 0.5) is 5.69 Å². The molecule has 0 bridgehead atoms. The standard InChI is InChI=1S/C28H31NO4/c1-21-4-2-3-5-27(21)33-26-16-18-29(19-17-26)24-11-6-23(7-12-24)20-32-25-13-8-22(9-14-25)10-15-28(30)31/h2-9,11-14,26H,10,15-20H2,1H3,(H,30,31). The van der Waals surface area contributed by atoms with E-state index in [0.717, 1.165) is 48.6 Å². The van der Waals surface area contributed by atoms with Crippen LogP contribution in [0.25, 0.3) is 0 Å². The van der Waals surface area contributed by atoms with Crippen LogP contribution in [0.3, 0.4) is 0 Å². The van der Waals surface area contributed by atoms with E-state index in [0.29, 0.717) is 13.0 Å². The highest BCUT2D eigenvalue weighted by atomic mass is 16.5. The van der Waals surface area contributed by atoms with E-state index in [9.17, 15) is 4.79 Å². The zero-order valence-electron chi connectivity index (χ0n) is 19.1. The van der Waals surface area contributed by atoms with Gasteiger partial charge in [-0.2, -0.15) is 0 Å². The van der Waals surface area contributed by atoms with Crippen molar-refractivity contribution in [3.63, 3.8) is 0 Å². The molecule has 33 heavy (non-hydrogen) atoms. The lowest BCUT2D eigenvalue weighted by Gasteiger charge is -2.34. The van der Waals surface area contributed by atoms with E-state index in [-0.39, 0.29) is 12.5 Å². The van der Waals surface area contributed by atoms with Crippen LogP contribution in [0.5, 0.6) is 11.5 Å². The molecule has 1 aliphatic rings. The number of carbonyl (C=O) groups is 1. The Hall–Kier alpha value is -3.47. The summed E-state index contributed by atoms with van der Waals surface area (Å²) in [5.74, 6) is 1.00. The van der Waals surface area contributed by atoms with E-state index in [2.05, 4.69) is 48.2 Å². The first-order valence-electron chi connectivity index (χ1n) is 11.6. The van der Waals surface area contributed by atoms with E-state index in [1.807, 2.05) is 36.4 Å². The van der Waals surface area contributed by atoms with Gasteiger partial charge in [0.05, 0.1) is 0 Å². The lowest BCUT2D eigenvalue weighted by atomic mass is 10.1. The third kappa shape index (κ3) is 6.51. The fourth-order valence-corrected chi connectivity index (χ4v) is 4.07. The molecule has 0 saturated carbocycles. The number of aryl methyl sites for hydroxylation is 2. The minimum atomic E-state index is -0.779. The second-order valence-corrected chi connectivity index (χ2v) is 8.56. The smallest absolute Gasteiger partial charge is 0.303 e. The largest absolute Gasteiger partial charge is 0.490 e. The summed E-state index contributed by atoms with van der Waals surface area (Å²) in [6.45, 7) is 4.57. The van der Waals surface area contributed by atoms with Crippen molar-refractivity contribution >= 4 is 11.7 Å². The second-order valence-electron chi connectivity index (χ2n) is 8.56. The van der Waals surface area contributed by atoms with Crippen molar-refractivity contribution in [2.75, 3.05) is 18.0 Å². The molecule has 0 radical (unpaired) electrons. The minimum absolute atomic E-state index is 0.143. The molecule has 1 N–H and O–H groups in total. The molecule has 1 saturated heterocycles. The van der Waals surface area contributed by atoms with Crippen molar-refractivity contribution in [3.05, 3.63) is 89.5 Å². The first-order chi connectivity index (χ1) is 16.1. The van der Waals surface area contributed by atoms with Gasteiger partial charge in [-0.15, -0.1) is 0 Å². The Morgan fingerprint density at radius 3 is 2.27 bits per heavy atom. The van der Waals surface area contributed by atoms with Gasteiger partial charge >= 0.3 is 5.97 Å². The molecule has 1 aliphatic heterocycles. The number of hydrogen-bond donors (Lipinski definition) is 1. The predicted molar refractivity (Wildman–Crippen MR) is 130 cm³/mol. The van der Waals surface area contributed by atoms with Crippen molar-refractivity contribution < 1.29 is 19.4 Å². The second kappa shape index (κ2) is 10.9. The highest BCUT2D eigenvalue weighted by Crippen LogP contribution is 2.25. The van der Waals surface area contributed by atoms with E-state index in [1.165, 1.54) is 11.3 Å². The number of aliphatic carboxylic acids is 1. The van der Waals surface area contributed by atoms with Crippen LogP contribution >= 0.6 is 0 Å². The monoisotopic (exact) mass is 445 g/mol. The maximum Gasteiger partial charge on any atom is 0.303 e. The lowest BCUT2D eigenvalue weighted by molar-refractivity contribution is -0.136. The molecule has 1 fully saturated rings. The Morgan fingerprint density at radius 1 is 0.939 bits per heavy atom. The quantitative estimate of drug-likeness (QED) is 0.462. The Kier molecular flexibility index (Phi) is 7.51. The van der Waals surface area contributed by atoms with Crippen molar-refractivity contribution in [1.82, 2.24) is 0 Å². The van der Waals surface area contributed by atoms with Crippen LogP contribution < -0.4 is 14.4 Å². The van der Waals surface area contributed by atoms with Gasteiger partial charge in [-0.25, -0.2) is 0 Å². The summed E-state index contributed by atoms with van der Waals surface area (Å²) < 4.78 is 12.1. The number of carboxylic acid groups (broad SMARTS) is 1. The van der Waals surface area contributed by atoms with E-state index in [4.69, 9.17) is 14.6 Å². The maximum absolute atomic E-state index is 10.7. The molecule has 0 aliphatic carbocycles. The Bertz CT molecular complexity index is 1040. The molecule has 1 heterocycles. The third-order valence-electron chi connectivity index (χ3n) is 6.09. The van der Waals surface area contributed by atoms with Crippen LogP contribution in [0, 0.1) is 6.92 Å².